The van der Waals surface area contributed by atoms with E-state index in [1.165, 1.54) is 23.5 Å². The fraction of sp³-hybridized carbons (Fsp3) is 0.462. The van der Waals surface area contributed by atoms with Crippen LogP contribution in [0.3, 0.4) is 0 Å². The van der Waals surface area contributed by atoms with Crippen LogP contribution in [0.25, 0.3) is 0 Å². The van der Waals surface area contributed by atoms with Gasteiger partial charge in [0.25, 0.3) is 0 Å². The smallest absolute Gasteiger partial charge is 0.243 e. The normalized spacial score (nSPS) is 20.6. The van der Waals surface area contributed by atoms with Crippen LogP contribution < -0.4 is 9.84 Å². The van der Waals surface area contributed by atoms with Crippen molar-refractivity contribution in [2.75, 3.05) is 20.2 Å². The maximum absolute atomic E-state index is 12.4. The lowest BCUT2D eigenvalue weighted by Crippen LogP contribution is -2.46. The number of nitrogens with zero attached hydrogens (tertiary/aromatic N) is 1. The molecule has 0 bridgehead atoms. The minimum absolute atomic E-state index is 0.0311. The Bertz CT molecular complexity index is 581. The van der Waals surface area contributed by atoms with Gasteiger partial charge in [-0.2, -0.15) is 4.31 Å². The van der Waals surface area contributed by atoms with Crippen LogP contribution in [-0.2, 0) is 14.8 Å². The summed E-state index contributed by atoms with van der Waals surface area (Å²) in [4.78, 5) is 11.0. The number of piperidine rings is 1. The monoisotopic (exact) mass is 298 g/mol. The lowest BCUT2D eigenvalue weighted by atomic mass is 10.0. The zero-order valence-electron chi connectivity index (χ0n) is 11.1. The van der Waals surface area contributed by atoms with E-state index in [4.69, 9.17) is 4.74 Å². The molecule has 2 rings (SSSR count). The van der Waals surface area contributed by atoms with Crippen LogP contribution in [0.2, 0.25) is 0 Å². The number of carboxylic acid groups (broad SMARTS) is 1. The van der Waals surface area contributed by atoms with Crippen LogP contribution in [0.15, 0.2) is 29.2 Å². The average Bonchev–Trinajstić information content (AvgIpc) is 2.47. The molecular formula is C13H16NO5S-. The fourth-order valence-corrected chi connectivity index (χ4v) is 3.77. The van der Waals surface area contributed by atoms with Gasteiger partial charge >= 0.3 is 0 Å². The first-order chi connectivity index (χ1) is 9.45. The molecule has 1 atom stereocenters. The van der Waals surface area contributed by atoms with Crippen molar-refractivity contribution in [3.63, 3.8) is 0 Å². The molecule has 1 aliphatic heterocycles. The molecule has 0 spiro atoms. The van der Waals surface area contributed by atoms with Crippen LogP contribution in [0.5, 0.6) is 5.75 Å². The van der Waals surface area contributed by atoms with E-state index in [-0.39, 0.29) is 11.4 Å². The Morgan fingerprint density at radius 1 is 1.35 bits per heavy atom. The molecule has 0 amide bonds. The molecule has 1 aliphatic rings. The Kier molecular flexibility index (Phi) is 4.29. The number of carboxylic acids is 1. The highest BCUT2D eigenvalue weighted by Gasteiger charge is 2.30. The van der Waals surface area contributed by atoms with E-state index in [0.717, 1.165) is 0 Å². The van der Waals surface area contributed by atoms with Gasteiger partial charge in [-0.25, -0.2) is 8.42 Å². The van der Waals surface area contributed by atoms with Gasteiger partial charge in [-0.05, 0) is 37.1 Å². The molecule has 1 saturated heterocycles. The number of hydrogen-bond acceptors (Lipinski definition) is 5. The first kappa shape index (κ1) is 14.8. The number of carbonyl (C=O) groups excluding carboxylic acids is 1. The number of rotatable bonds is 4. The Morgan fingerprint density at radius 2 is 2.00 bits per heavy atom. The van der Waals surface area contributed by atoms with Crippen LogP contribution in [0.1, 0.15) is 12.8 Å². The number of sulfonamides is 1. The van der Waals surface area contributed by atoms with Gasteiger partial charge < -0.3 is 14.6 Å². The second kappa shape index (κ2) is 5.80. The summed E-state index contributed by atoms with van der Waals surface area (Å²) in [5.41, 5.74) is 0. The SMILES string of the molecule is COc1ccc(S(=O)(=O)N2CCC[C@@H](C(=O)[O-])C2)cc1. The van der Waals surface area contributed by atoms with Gasteiger partial charge in [-0.1, -0.05) is 0 Å². The van der Waals surface area contributed by atoms with Crippen molar-refractivity contribution in [2.24, 2.45) is 5.92 Å². The molecule has 1 aromatic rings. The quantitative estimate of drug-likeness (QED) is 0.771. The minimum Gasteiger partial charge on any atom is -0.550 e. The van der Waals surface area contributed by atoms with Crippen molar-refractivity contribution in [3.8, 4) is 5.75 Å². The highest BCUT2D eigenvalue weighted by molar-refractivity contribution is 7.89. The summed E-state index contributed by atoms with van der Waals surface area (Å²) in [6.45, 7) is 0.300. The zero-order valence-corrected chi connectivity index (χ0v) is 11.9. The van der Waals surface area contributed by atoms with Crippen molar-refractivity contribution in [3.05, 3.63) is 24.3 Å². The first-order valence-corrected chi connectivity index (χ1v) is 7.74. The molecule has 1 heterocycles. The first-order valence-electron chi connectivity index (χ1n) is 6.30. The summed E-state index contributed by atoms with van der Waals surface area (Å²) in [6.07, 6.45) is 0.977. The molecule has 1 fully saturated rings. The third-order valence-corrected chi connectivity index (χ3v) is 5.29. The van der Waals surface area contributed by atoms with Gasteiger partial charge in [0.2, 0.25) is 10.0 Å². The van der Waals surface area contributed by atoms with Gasteiger partial charge in [-0.15, -0.1) is 0 Å². The Hall–Kier alpha value is -1.60. The predicted molar refractivity (Wildman–Crippen MR) is 69.5 cm³/mol. The number of aliphatic carboxylic acids is 1. The van der Waals surface area contributed by atoms with Crippen LogP contribution >= 0.6 is 0 Å². The summed E-state index contributed by atoms with van der Waals surface area (Å²) in [7, 11) is -2.17. The number of ether oxygens (including phenoxy) is 1. The predicted octanol–water partition coefficient (Wildman–Crippen LogP) is -0.154. The largest absolute Gasteiger partial charge is 0.550 e. The van der Waals surface area contributed by atoms with Gasteiger partial charge in [0, 0.05) is 25.0 Å². The lowest BCUT2D eigenvalue weighted by molar-refractivity contribution is -0.312. The topological polar surface area (TPSA) is 86.7 Å². The highest BCUT2D eigenvalue weighted by Crippen LogP contribution is 2.24. The van der Waals surface area contributed by atoms with Crippen LogP contribution in [0, 0.1) is 5.92 Å². The van der Waals surface area contributed by atoms with Gasteiger partial charge in [0.1, 0.15) is 5.75 Å². The van der Waals surface area contributed by atoms with Crippen molar-refractivity contribution in [1.29, 1.82) is 0 Å². The molecule has 0 radical (unpaired) electrons. The molecule has 0 unspecified atom stereocenters. The molecule has 0 N–H and O–H groups in total. The zero-order chi connectivity index (χ0) is 14.8. The summed E-state index contributed by atoms with van der Waals surface area (Å²) in [5, 5.41) is 10.9. The molecule has 110 valence electrons. The molecule has 0 saturated carbocycles. The van der Waals surface area contributed by atoms with Gasteiger partial charge in [-0.3, -0.25) is 0 Å². The van der Waals surface area contributed by atoms with Gasteiger partial charge in [0.15, 0.2) is 0 Å². The number of carbonyl (C=O) groups is 1. The van der Waals surface area contributed by atoms with E-state index in [0.29, 0.717) is 25.1 Å². The average molecular weight is 298 g/mol. The Labute approximate surface area is 118 Å². The third kappa shape index (κ3) is 2.94. The van der Waals surface area contributed by atoms with E-state index >= 15 is 0 Å². The maximum Gasteiger partial charge on any atom is 0.243 e. The van der Waals surface area contributed by atoms with Crippen molar-refractivity contribution >= 4 is 16.0 Å². The summed E-state index contributed by atoms with van der Waals surface area (Å²) < 4.78 is 31.0. The van der Waals surface area contributed by atoms with Crippen molar-refractivity contribution < 1.29 is 23.1 Å². The van der Waals surface area contributed by atoms with E-state index in [1.807, 2.05) is 0 Å². The standard InChI is InChI=1S/C13H17NO5S/c1-19-11-4-6-12(7-5-11)20(17,18)14-8-2-3-10(9-14)13(15)16/h4-7,10H,2-3,8-9H2,1H3,(H,15,16)/p-1/t10-/m1/s1. The van der Waals surface area contributed by atoms with Gasteiger partial charge in [0.05, 0.1) is 12.0 Å². The Morgan fingerprint density at radius 3 is 2.55 bits per heavy atom. The van der Waals surface area contributed by atoms with E-state index in [2.05, 4.69) is 0 Å². The van der Waals surface area contributed by atoms with Crippen LogP contribution in [-0.4, -0.2) is 38.9 Å². The Balaban J connectivity index is 2.22. The molecule has 0 aliphatic carbocycles. The molecule has 6 nitrogen and oxygen atoms in total. The molecule has 20 heavy (non-hydrogen) atoms. The second-order valence-corrected chi connectivity index (χ2v) is 6.63. The van der Waals surface area contributed by atoms with Crippen LogP contribution in [0.4, 0.5) is 0 Å². The number of benzene rings is 1. The molecule has 1 aromatic carbocycles. The fourth-order valence-electron chi connectivity index (χ4n) is 2.25. The second-order valence-electron chi connectivity index (χ2n) is 4.70. The highest BCUT2D eigenvalue weighted by atomic mass is 32.2. The maximum atomic E-state index is 12.4. The van der Waals surface area contributed by atoms with E-state index < -0.39 is 21.9 Å². The van der Waals surface area contributed by atoms with Crippen molar-refractivity contribution in [2.45, 2.75) is 17.7 Å². The summed E-state index contributed by atoms with van der Waals surface area (Å²) >= 11 is 0. The number of methoxy groups -OCH3 is 1. The molecule has 7 heteroatoms. The van der Waals surface area contributed by atoms with E-state index in [1.54, 1.807) is 12.1 Å². The lowest BCUT2D eigenvalue weighted by Gasteiger charge is -2.32. The summed E-state index contributed by atoms with van der Waals surface area (Å²) in [6, 6.07) is 6.04. The minimum atomic E-state index is -3.67. The third-order valence-electron chi connectivity index (χ3n) is 3.41. The number of hydrogen-bond donors (Lipinski definition) is 0. The van der Waals surface area contributed by atoms with E-state index in [9.17, 15) is 18.3 Å². The molecular weight excluding hydrogens is 282 g/mol. The molecule has 0 aromatic heterocycles. The van der Waals surface area contributed by atoms with Crippen molar-refractivity contribution in [1.82, 2.24) is 4.31 Å². The summed E-state index contributed by atoms with van der Waals surface area (Å²) in [5.74, 6) is -1.37.